The molecule has 7 nitrogen and oxygen atoms in total. The van der Waals surface area contributed by atoms with Crippen LogP contribution in [0.5, 0.6) is 11.5 Å². The molecular weight excluding hydrogens is 424 g/mol. The van der Waals surface area contributed by atoms with Crippen molar-refractivity contribution >= 4 is 28.1 Å². The summed E-state index contributed by atoms with van der Waals surface area (Å²) in [5.74, 6) is 2.27. The van der Waals surface area contributed by atoms with Crippen LogP contribution in [-0.4, -0.2) is 28.1 Å². The molecule has 2 aliphatic heterocycles. The molecule has 0 aliphatic carbocycles. The first-order valence-electron chi connectivity index (χ1n) is 10.3. The van der Waals surface area contributed by atoms with Gasteiger partial charge in [-0.3, -0.25) is 0 Å². The summed E-state index contributed by atoms with van der Waals surface area (Å²) in [6.07, 6.45) is 0. The van der Waals surface area contributed by atoms with E-state index in [2.05, 4.69) is 34.0 Å². The number of methoxy groups -OCH3 is 1. The Kier molecular flexibility index (Phi) is 4.13. The highest BCUT2D eigenvalue weighted by Gasteiger charge is 2.55. The molecule has 8 heteroatoms. The van der Waals surface area contributed by atoms with E-state index in [0.29, 0.717) is 16.8 Å². The topological polar surface area (TPSA) is 81.4 Å². The largest absolute Gasteiger partial charge is 0.497 e. The molecule has 1 fully saturated rings. The number of benzene rings is 3. The zero-order valence-electron chi connectivity index (χ0n) is 17.5. The molecule has 3 atom stereocenters. The molecule has 32 heavy (non-hydrogen) atoms. The normalized spacial score (nSPS) is 23.6. The van der Waals surface area contributed by atoms with E-state index in [1.54, 1.807) is 7.11 Å². The highest BCUT2D eigenvalue weighted by Crippen LogP contribution is 2.51. The van der Waals surface area contributed by atoms with Crippen molar-refractivity contribution in [2.24, 2.45) is 0 Å². The van der Waals surface area contributed by atoms with Gasteiger partial charge in [0.05, 0.1) is 13.2 Å². The zero-order valence-corrected chi connectivity index (χ0v) is 18.3. The van der Waals surface area contributed by atoms with Gasteiger partial charge in [-0.15, -0.1) is 0 Å². The number of hydrogen-bond acceptors (Lipinski definition) is 6. The lowest BCUT2D eigenvalue weighted by Crippen LogP contribution is -2.67. The lowest BCUT2D eigenvalue weighted by molar-refractivity contribution is -0.00961. The van der Waals surface area contributed by atoms with Gasteiger partial charge >= 0.3 is 0 Å². The van der Waals surface area contributed by atoms with Crippen LogP contribution in [0.3, 0.4) is 0 Å². The van der Waals surface area contributed by atoms with Crippen molar-refractivity contribution in [2.75, 3.05) is 7.11 Å². The van der Waals surface area contributed by atoms with Crippen molar-refractivity contribution in [2.45, 2.75) is 24.6 Å². The van der Waals surface area contributed by atoms with E-state index in [4.69, 9.17) is 31.2 Å². The minimum absolute atomic E-state index is 0.187. The fraction of sp³-hybridized carbons (Fsp3) is 0.208. The maximum atomic E-state index is 6.50. The van der Waals surface area contributed by atoms with E-state index >= 15 is 0 Å². The van der Waals surface area contributed by atoms with E-state index in [0.717, 1.165) is 33.4 Å². The molecule has 0 amide bonds. The second-order valence-corrected chi connectivity index (χ2v) is 8.55. The van der Waals surface area contributed by atoms with Gasteiger partial charge in [0.25, 0.3) is 0 Å². The first-order valence-corrected chi connectivity index (χ1v) is 10.7. The third-order valence-electron chi connectivity index (χ3n) is 6.19. The highest BCUT2D eigenvalue weighted by atomic mass is 32.1. The molecule has 1 saturated heterocycles. The second kappa shape index (κ2) is 6.93. The summed E-state index contributed by atoms with van der Waals surface area (Å²) in [6, 6.07) is 19.7. The monoisotopic (exact) mass is 444 g/mol. The molecule has 0 unspecified atom stereocenters. The predicted molar refractivity (Wildman–Crippen MR) is 124 cm³/mol. The summed E-state index contributed by atoms with van der Waals surface area (Å²) in [4.78, 5) is 4.74. The average Bonchev–Trinajstić information content (AvgIpc) is 3.27. The molecule has 1 aromatic heterocycles. The molecule has 4 aromatic rings. The maximum Gasteiger partial charge on any atom is 0.238 e. The van der Waals surface area contributed by atoms with Gasteiger partial charge in [-0.2, -0.15) is 4.98 Å². The minimum atomic E-state index is -0.841. The summed E-state index contributed by atoms with van der Waals surface area (Å²) < 4.78 is 17.5. The average molecular weight is 445 g/mol. The van der Waals surface area contributed by atoms with Gasteiger partial charge in [-0.05, 0) is 60.2 Å². The summed E-state index contributed by atoms with van der Waals surface area (Å²) in [7, 11) is 1.63. The Morgan fingerprint density at radius 1 is 1.06 bits per heavy atom. The molecule has 0 saturated carbocycles. The minimum Gasteiger partial charge on any atom is -0.497 e. The fourth-order valence-electron chi connectivity index (χ4n) is 4.72. The van der Waals surface area contributed by atoms with Gasteiger partial charge in [0.15, 0.2) is 10.8 Å². The third-order valence-corrected chi connectivity index (χ3v) is 6.41. The van der Waals surface area contributed by atoms with E-state index < -0.39 is 5.72 Å². The Morgan fingerprint density at radius 3 is 2.69 bits per heavy atom. The molecule has 3 aromatic carbocycles. The number of nitrogens with zero attached hydrogens (tertiary/aromatic N) is 2. The van der Waals surface area contributed by atoms with E-state index in [1.807, 2.05) is 49.4 Å². The molecular formula is C24H20N4O3S. The Hall–Kier alpha value is -3.65. The van der Waals surface area contributed by atoms with Crippen LogP contribution in [0, 0.1) is 0 Å². The SMILES string of the molecule is COc1ccc(-c2noc([C@H]3[C@H]4NC(=S)N[C@@]3(C)Oc3ccc5ccccc5c34)n2)cc1. The maximum absolute atomic E-state index is 6.50. The van der Waals surface area contributed by atoms with Crippen LogP contribution in [-0.2, 0) is 0 Å². The van der Waals surface area contributed by atoms with Crippen LogP contribution in [0.4, 0.5) is 0 Å². The molecule has 2 N–H and O–H groups in total. The standard InChI is InChI=1S/C24H20N4O3S/c1-24-19(22-26-21(28-31-22)14-7-10-15(29-2)11-8-14)20(25-23(32)27-24)18-16-6-4-3-5-13(16)9-12-17(18)30-24/h3-12,19-20H,1-2H3,(H2,25,27,32)/t19-,20+,24+/m1/s1. The predicted octanol–water partition coefficient (Wildman–Crippen LogP) is 4.31. The lowest BCUT2D eigenvalue weighted by atomic mass is 9.79. The first-order chi connectivity index (χ1) is 15.6. The smallest absolute Gasteiger partial charge is 0.238 e. The zero-order chi connectivity index (χ0) is 21.9. The summed E-state index contributed by atoms with van der Waals surface area (Å²) in [5.41, 5.74) is 1.04. The van der Waals surface area contributed by atoms with Gasteiger partial charge in [0.2, 0.25) is 11.7 Å². The van der Waals surface area contributed by atoms with Crippen molar-refractivity contribution in [3.05, 3.63) is 72.1 Å². The van der Waals surface area contributed by atoms with E-state index in [1.165, 1.54) is 0 Å². The third kappa shape index (κ3) is 2.83. The van der Waals surface area contributed by atoms with Crippen molar-refractivity contribution in [3.8, 4) is 22.9 Å². The summed E-state index contributed by atoms with van der Waals surface area (Å²) in [5, 5.41) is 13.7. The second-order valence-electron chi connectivity index (χ2n) is 8.15. The van der Waals surface area contributed by atoms with E-state index in [-0.39, 0.29) is 12.0 Å². The number of fused-ring (bicyclic) bond motifs is 6. The number of ether oxygens (including phenoxy) is 2. The molecule has 0 spiro atoms. The van der Waals surface area contributed by atoms with Crippen molar-refractivity contribution < 1.29 is 14.0 Å². The molecule has 160 valence electrons. The molecule has 0 radical (unpaired) electrons. The lowest BCUT2D eigenvalue weighted by Gasteiger charge is -2.50. The van der Waals surface area contributed by atoms with Crippen LogP contribution in [0.1, 0.15) is 30.3 Å². The number of aromatic nitrogens is 2. The van der Waals surface area contributed by atoms with Crippen LogP contribution in [0.25, 0.3) is 22.2 Å². The Balaban J connectivity index is 1.48. The molecule has 2 bridgehead atoms. The van der Waals surface area contributed by atoms with Gasteiger partial charge < -0.3 is 24.6 Å². The summed E-state index contributed by atoms with van der Waals surface area (Å²) >= 11 is 5.51. The van der Waals surface area contributed by atoms with Gasteiger partial charge in [0, 0.05) is 11.1 Å². The van der Waals surface area contributed by atoms with Gasteiger partial charge in [-0.25, -0.2) is 0 Å². The molecule has 3 heterocycles. The Bertz CT molecular complexity index is 1350. The van der Waals surface area contributed by atoms with Gasteiger partial charge in [0.1, 0.15) is 17.4 Å². The quantitative estimate of drug-likeness (QED) is 0.453. The molecule has 2 aliphatic rings. The van der Waals surface area contributed by atoms with Crippen LogP contribution < -0.4 is 20.1 Å². The number of thiocarbonyl (C=S) groups is 1. The Labute approximate surface area is 189 Å². The van der Waals surface area contributed by atoms with Crippen molar-refractivity contribution in [3.63, 3.8) is 0 Å². The number of nitrogens with one attached hydrogen (secondary N) is 2. The Morgan fingerprint density at radius 2 is 1.88 bits per heavy atom. The van der Waals surface area contributed by atoms with Crippen LogP contribution >= 0.6 is 12.2 Å². The van der Waals surface area contributed by atoms with Crippen molar-refractivity contribution in [1.82, 2.24) is 20.8 Å². The summed E-state index contributed by atoms with van der Waals surface area (Å²) in [6.45, 7) is 1.97. The number of rotatable bonds is 3. The van der Waals surface area contributed by atoms with E-state index in [9.17, 15) is 0 Å². The number of hydrogen-bond donors (Lipinski definition) is 2. The molecule has 6 rings (SSSR count). The van der Waals surface area contributed by atoms with Crippen molar-refractivity contribution in [1.29, 1.82) is 0 Å². The highest BCUT2D eigenvalue weighted by molar-refractivity contribution is 7.80. The van der Waals surface area contributed by atoms with Gasteiger partial charge in [-0.1, -0.05) is 35.5 Å². The fourth-order valence-corrected chi connectivity index (χ4v) is 5.05. The van der Waals surface area contributed by atoms with Crippen LogP contribution in [0.15, 0.2) is 65.2 Å². The van der Waals surface area contributed by atoms with Crippen LogP contribution in [0.2, 0.25) is 0 Å². The first kappa shape index (κ1) is 19.1.